The van der Waals surface area contributed by atoms with E-state index in [1.165, 1.54) is 25.6 Å². The summed E-state index contributed by atoms with van der Waals surface area (Å²) >= 11 is 0. The third-order valence-electron chi connectivity index (χ3n) is 8.96. The Bertz CT molecular complexity index is 1320. The normalized spacial score (nSPS) is 34.0. The minimum Gasteiger partial charge on any atom is -0.435 e. The number of nitrogen functional groups attached to an aromatic ring is 1. The summed E-state index contributed by atoms with van der Waals surface area (Å²) in [5.74, 6) is 5.47. The molecule has 5 aliphatic rings. The van der Waals surface area contributed by atoms with Gasteiger partial charge < -0.3 is 29.4 Å². The van der Waals surface area contributed by atoms with E-state index in [1.54, 1.807) is 18.4 Å². The van der Waals surface area contributed by atoms with Gasteiger partial charge in [0, 0.05) is 11.8 Å². The monoisotopic (exact) mass is 553 g/mol. The molecule has 0 aromatic carbocycles. The fourth-order valence-corrected chi connectivity index (χ4v) is 7.77. The van der Waals surface area contributed by atoms with Crippen molar-refractivity contribution < 1.29 is 33.3 Å². The van der Waals surface area contributed by atoms with Crippen molar-refractivity contribution in [3.63, 3.8) is 0 Å². The minimum absolute atomic E-state index is 0.0480. The molecule has 1 saturated heterocycles. The maximum absolute atomic E-state index is 12.8. The molecule has 4 bridgehead atoms. The Morgan fingerprint density at radius 2 is 1.75 bits per heavy atom. The maximum atomic E-state index is 12.8. The summed E-state index contributed by atoms with van der Waals surface area (Å²) in [5.41, 5.74) is 5.31. The van der Waals surface area contributed by atoms with Crippen LogP contribution in [0.15, 0.2) is 6.33 Å². The van der Waals surface area contributed by atoms with Gasteiger partial charge in [0.2, 0.25) is 5.60 Å². The first-order valence-corrected chi connectivity index (χ1v) is 14.0. The Balaban J connectivity index is 1.16. The van der Waals surface area contributed by atoms with E-state index in [9.17, 15) is 9.59 Å². The molecular weight excluding hydrogens is 518 g/mol. The predicted octanol–water partition coefficient (Wildman–Crippen LogP) is 3.92. The summed E-state index contributed by atoms with van der Waals surface area (Å²) in [6.07, 6.45) is 11.3. The molecule has 12 nitrogen and oxygen atoms in total. The summed E-state index contributed by atoms with van der Waals surface area (Å²) in [6, 6.07) is 0. The van der Waals surface area contributed by atoms with Gasteiger partial charge in [-0.25, -0.2) is 24.5 Å². The van der Waals surface area contributed by atoms with Gasteiger partial charge in [0.05, 0.1) is 12.9 Å². The molecule has 0 unspecified atom stereocenters. The summed E-state index contributed by atoms with van der Waals surface area (Å²) in [7, 11) is 0. The summed E-state index contributed by atoms with van der Waals surface area (Å²) in [4.78, 5) is 38.0. The second-order valence-corrected chi connectivity index (χ2v) is 11.9. The Labute approximate surface area is 232 Å². The van der Waals surface area contributed by atoms with Gasteiger partial charge in [-0.1, -0.05) is 5.92 Å². The lowest BCUT2D eigenvalue weighted by atomic mass is 9.50. The average molecular weight is 554 g/mol. The van der Waals surface area contributed by atoms with Gasteiger partial charge in [0.1, 0.15) is 30.8 Å². The standard InChI is InChI=1S/C28H35N5O7/c1-4-28(14-38-25(34)37-13-27-10-17-6-18(11-27)8-19(7-17)12-27)20(39-26(35)36-5-2)9-21(40-28)33-15-30-22-23(29)31-16(3)32-24(22)33/h1,15,17-21H,5-14H2,2-3H3,(H2,29,31,32)/t17?,18?,19?,20-,21+,27?,28+/m0/s1. The quantitative estimate of drug-likeness (QED) is 0.392. The summed E-state index contributed by atoms with van der Waals surface area (Å²) < 4.78 is 29.6. The molecule has 7 rings (SSSR count). The van der Waals surface area contributed by atoms with Gasteiger partial charge in [-0.15, -0.1) is 6.42 Å². The smallest absolute Gasteiger partial charge is 0.435 e. The lowest BCUT2D eigenvalue weighted by Crippen LogP contribution is -2.48. The van der Waals surface area contributed by atoms with Crippen molar-refractivity contribution in [2.24, 2.45) is 23.2 Å². The second-order valence-electron chi connectivity index (χ2n) is 11.9. The molecule has 2 aromatic rings. The van der Waals surface area contributed by atoms with Gasteiger partial charge in [0.25, 0.3) is 0 Å². The number of imidazole rings is 1. The van der Waals surface area contributed by atoms with Gasteiger partial charge >= 0.3 is 12.3 Å². The highest BCUT2D eigenvalue weighted by atomic mass is 16.7. The van der Waals surface area contributed by atoms with Gasteiger partial charge in [0.15, 0.2) is 17.6 Å². The molecule has 1 aliphatic heterocycles. The molecule has 0 amide bonds. The number of carbonyl (C=O) groups is 2. The van der Waals surface area contributed by atoms with Crippen LogP contribution >= 0.6 is 0 Å². The molecule has 214 valence electrons. The SMILES string of the molecule is C#C[C@]1(COC(=O)OCC23CC4CC(CC(C4)C2)C3)O[C@@H](n2cnc3c(N)nc(C)nc32)C[C@@H]1OC(=O)OCC. The molecule has 40 heavy (non-hydrogen) atoms. The number of hydrogen-bond donors (Lipinski definition) is 1. The topological polar surface area (TPSA) is 150 Å². The van der Waals surface area contributed by atoms with Crippen molar-refractivity contribution in [1.29, 1.82) is 0 Å². The van der Waals surface area contributed by atoms with Crippen LogP contribution in [0.1, 0.15) is 63.9 Å². The maximum Gasteiger partial charge on any atom is 0.508 e. The van der Waals surface area contributed by atoms with Crippen LogP contribution in [0.25, 0.3) is 11.2 Å². The van der Waals surface area contributed by atoms with Crippen LogP contribution < -0.4 is 5.73 Å². The largest absolute Gasteiger partial charge is 0.508 e. The van der Waals surface area contributed by atoms with E-state index in [4.69, 9.17) is 35.8 Å². The molecule has 3 heterocycles. The van der Waals surface area contributed by atoms with Crippen molar-refractivity contribution in [3.05, 3.63) is 12.2 Å². The number of terminal acetylenes is 1. The molecule has 0 radical (unpaired) electrons. The van der Waals surface area contributed by atoms with Crippen molar-refractivity contribution >= 4 is 29.3 Å². The first kappa shape index (κ1) is 26.6. The number of nitrogens with two attached hydrogens (primary N) is 1. The fraction of sp³-hybridized carbons (Fsp3) is 0.679. The molecule has 0 spiro atoms. The fourth-order valence-electron chi connectivity index (χ4n) is 7.77. The van der Waals surface area contributed by atoms with Crippen LogP contribution in [0.3, 0.4) is 0 Å². The lowest BCUT2D eigenvalue weighted by molar-refractivity contribution is -0.115. The highest BCUT2D eigenvalue weighted by Gasteiger charge is 2.54. The number of rotatable bonds is 7. The zero-order valence-electron chi connectivity index (χ0n) is 22.8. The summed E-state index contributed by atoms with van der Waals surface area (Å²) in [6.45, 7) is 3.45. The van der Waals surface area contributed by atoms with Crippen molar-refractivity contribution in [1.82, 2.24) is 19.5 Å². The van der Waals surface area contributed by atoms with Crippen LogP contribution in [-0.4, -0.2) is 63.4 Å². The Morgan fingerprint density at radius 1 is 1.07 bits per heavy atom. The van der Waals surface area contributed by atoms with E-state index in [-0.39, 0.29) is 30.9 Å². The highest BCUT2D eigenvalue weighted by Crippen LogP contribution is 2.60. The minimum atomic E-state index is -1.60. The van der Waals surface area contributed by atoms with Crippen molar-refractivity contribution in [2.75, 3.05) is 25.6 Å². The summed E-state index contributed by atoms with van der Waals surface area (Å²) in [5, 5.41) is 0. The molecule has 4 aliphatic carbocycles. The van der Waals surface area contributed by atoms with Crippen LogP contribution in [0.4, 0.5) is 15.4 Å². The molecular formula is C28H35N5O7. The van der Waals surface area contributed by atoms with Crippen LogP contribution in [0, 0.1) is 42.4 Å². The molecule has 2 N–H and O–H groups in total. The van der Waals surface area contributed by atoms with Gasteiger partial charge in [-0.2, -0.15) is 0 Å². The average Bonchev–Trinajstić information content (AvgIpc) is 3.47. The lowest BCUT2D eigenvalue weighted by Gasteiger charge is -2.56. The first-order chi connectivity index (χ1) is 19.2. The van der Waals surface area contributed by atoms with Gasteiger partial charge in [-0.05, 0) is 70.1 Å². The van der Waals surface area contributed by atoms with E-state index in [2.05, 4.69) is 20.9 Å². The molecule has 12 heteroatoms. The highest BCUT2D eigenvalue weighted by molar-refractivity contribution is 5.81. The zero-order valence-corrected chi connectivity index (χ0v) is 22.8. The van der Waals surface area contributed by atoms with E-state index in [1.807, 2.05) is 0 Å². The van der Waals surface area contributed by atoms with E-state index >= 15 is 0 Å². The van der Waals surface area contributed by atoms with E-state index in [0.717, 1.165) is 37.0 Å². The van der Waals surface area contributed by atoms with Crippen molar-refractivity contribution in [2.45, 2.75) is 76.7 Å². The second kappa shape index (κ2) is 10.1. The number of hydrogen-bond acceptors (Lipinski definition) is 11. The number of nitrogens with zero attached hydrogens (tertiary/aromatic N) is 4. The number of aryl methyl sites for hydroxylation is 1. The first-order valence-electron chi connectivity index (χ1n) is 14.0. The van der Waals surface area contributed by atoms with Crippen LogP contribution in [0.5, 0.6) is 0 Å². The molecule has 2 aromatic heterocycles. The third kappa shape index (κ3) is 4.80. The number of ether oxygens (including phenoxy) is 5. The number of carbonyl (C=O) groups excluding carboxylic acids is 2. The number of aromatic nitrogens is 4. The zero-order chi connectivity index (χ0) is 28.1. The Morgan fingerprint density at radius 3 is 2.40 bits per heavy atom. The number of fused-ring (bicyclic) bond motifs is 1. The van der Waals surface area contributed by atoms with Crippen LogP contribution in [0.2, 0.25) is 0 Å². The van der Waals surface area contributed by atoms with Crippen molar-refractivity contribution in [3.8, 4) is 12.3 Å². The third-order valence-corrected chi connectivity index (χ3v) is 8.96. The van der Waals surface area contributed by atoms with E-state index < -0.39 is 30.2 Å². The van der Waals surface area contributed by atoms with Crippen LogP contribution in [-0.2, 0) is 23.7 Å². The Hall–Kier alpha value is -3.59. The predicted molar refractivity (Wildman–Crippen MR) is 141 cm³/mol. The molecule has 4 saturated carbocycles. The van der Waals surface area contributed by atoms with Gasteiger partial charge in [-0.3, -0.25) is 4.57 Å². The molecule has 5 fully saturated rings. The Kier molecular flexibility index (Phi) is 6.73. The molecule has 3 atom stereocenters. The number of anilines is 1. The van der Waals surface area contributed by atoms with E-state index in [0.29, 0.717) is 23.6 Å².